The lowest BCUT2D eigenvalue weighted by molar-refractivity contribution is -0.140. The van der Waals surface area contributed by atoms with Crippen molar-refractivity contribution >= 4 is 29.1 Å². The summed E-state index contributed by atoms with van der Waals surface area (Å²) in [5.41, 5.74) is 3.31. The van der Waals surface area contributed by atoms with Gasteiger partial charge in [-0.15, -0.1) is 0 Å². The molecule has 3 aromatic carbocycles. The van der Waals surface area contributed by atoms with Crippen molar-refractivity contribution in [1.29, 1.82) is 0 Å². The predicted octanol–water partition coefficient (Wildman–Crippen LogP) is 5.69. The van der Waals surface area contributed by atoms with Crippen LogP contribution >= 0.6 is 11.6 Å². The summed E-state index contributed by atoms with van der Waals surface area (Å²) in [7, 11) is 1.58. The average Bonchev–Trinajstić information content (AvgIpc) is 3.13. The minimum absolute atomic E-state index is 0.0353. The van der Waals surface area contributed by atoms with E-state index in [0.29, 0.717) is 48.1 Å². The van der Waals surface area contributed by atoms with Crippen molar-refractivity contribution in [3.8, 4) is 5.75 Å². The standard InChI is InChI=1S/C29H28ClNO5/c1-19-6-3-7-20(16-19)18-36-24-12-10-21(11-13-24)27(32)25-26(22-8-4-9-23(30)17-22)31(14-5-15-35-2)29(34)28(25)33/h3-4,6-13,16-17,26,32H,5,14-15,18H2,1-2H3/t26-/m0/s1. The van der Waals surface area contributed by atoms with Crippen LogP contribution in [-0.4, -0.2) is 42.0 Å². The van der Waals surface area contributed by atoms with Crippen LogP contribution in [0.3, 0.4) is 0 Å². The fraction of sp³-hybridized carbons (Fsp3) is 0.241. The highest BCUT2D eigenvalue weighted by Gasteiger charge is 2.45. The molecule has 0 spiro atoms. The normalized spacial score (nSPS) is 17.0. The Labute approximate surface area is 215 Å². The summed E-state index contributed by atoms with van der Waals surface area (Å²) in [5.74, 6) is -0.998. The number of ether oxygens (including phenoxy) is 2. The summed E-state index contributed by atoms with van der Waals surface area (Å²) >= 11 is 6.21. The van der Waals surface area contributed by atoms with Crippen LogP contribution in [0, 0.1) is 6.92 Å². The fourth-order valence-corrected chi connectivity index (χ4v) is 4.54. The van der Waals surface area contributed by atoms with Gasteiger partial charge in [-0.25, -0.2) is 0 Å². The number of Topliss-reactive ketones (excluding diaryl/α,β-unsaturated/α-hetero) is 1. The van der Waals surface area contributed by atoms with Crippen LogP contribution in [0.1, 0.15) is 34.7 Å². The van der Waals surface area contributed by atoms with E-state index in [9.17, 15) is 14.7 Å². The molecule has 1 atom stereocenters. The second-order valence-electron chi connectivity index (χ2n) is 8.70. The van der Waals surface area contributed by atoms with Crippen LogP contribution in [0.2, 0.25) is 5.02 Å². The van der Waals surface area contributed by atoms with Gasteiger partial charge in [-0.2, -0.15) is 0 Å². The largest absolute Gasteiger partial charge is 0.507 e. The minimum Gasteiger partial charge on any atom is -0.507 e. The maximum absolute atomic E-state index is 13.1. The van der Waals surface area contributed by atoms with Gasteiger partial charge in [0, 0.05) is 30.8 Å². The van der Waals surface area contributed by atoms with Crippen LogP contribution in [-0.2, 0) is 20.9 Å². The van der Waals surface area contributed by atoms with Crippen LogP contribution in [0.25, 0.3) is 5.76 Å². The molecule has 0 unspecified atom stereocenters. The molecule has 1 fully saturated rings. The maximum atomic E-state index is 13.1. The first-order valence-corrected chi connectivity index (χ1v) is 12.1. The highest BCUT2D eigenvalue weighted by Crippen LogP contribution is 2.40. The van der Waals surface area contributed by atoms with Crippen LogP contribution in [0.4, 0.5) is 0 Å². The first-order valence-electron chi connectivity index (χ1n) is 11.7. The number of carbonyl (C=O) groups excluding carboxylic acids is 2. The van der Waals surface area contributed by atoms with Crippen LogP contribution in [0.5, 0.6) is 5.75 Å². The molecule has 0 bridgehead atoms. The molecule has 4 rings (SSSR count). The lowest BCUT2D eigenvalue weighted by Crippen LogP contribution is -2.31. The molecule has 0 radical (unpaired) electrons. The summed E-state index contributed by atoms with van der Waals surface area (Å²) in [6, 6.07) is 21.1. The third-order valence-corrected chi connectivity index (χ3v) is 6.30. The van der Waals surface area contributed by atoms with Crippen molar-refractivity contribution in [1.82, 2.24) is 4.90 Å². The minimum atomic E-state index is -0.752. The van der Waals surface area contributed by atoms with Gasteiger partial charge in [0.2, 0.25) is 0 Å². The Balaban J connectivity index is 1.63. The van der Waals surface area contributed by atoms with Crippen molar-refractivity contribution in [3.05, 3.63) is 106 Å². The topological polar surface area (TPSA) is 76.1 Å². The Morgan fingerprint density at radius 3 is 2.47 bits per heavy atom. The lowest BCUT2D eigenvalue weighted by atomic mass is 9.95. The maximum Gasteiger partial charge on any atom is 0.295 e. The smallest absolute Gasteiger partial charge is 0.295 e. The number of hydrogen-bond donors (Lipinski definition) is 1. The Morgan fingerprint density at radius 2 is 1.78 bits per heavy atom. The summed E-state index contributed by atoms with van der Waals surface area (Å²) in [6.45, 7) is 3.18. The van der Waals surface area contributed by atoms with E-state index >= 15 is 0 Å². The predicted molar refractivity (Wildman–Crippen MR) is 139 cm³/mol. The molecule has 3 aromatic rings. The van der Waals surface area contributed by atoms with E-state index in [1.54, 1.807) is 55.6 Å². The number of amides is 1. The number of aryl methyl sites for hydroxylation is 1. The Bertz CT molecular complexity index is 1280. The molecular weight excluding hydrogens is 478 g/mol. The van der Waals surface area contributed by atoms with Gasteiger partial charge in [0.15, 0.2) is 0 Å². The molecular formula is C29H28ClNO5. The van der Waals surface area contributed by atoms with E-state index in [0.717, 1.165) is 11.1 Å². The molecule has 1 aliphatic heterocycles. The van der Waals surface area contributed by atoms with E-state index in [4.69, 9.17) is 21.1 Å². The number of methoxy groups -OCH3 is 1. The number of rotatable bonds is 9. The third kappa shape index (κ3) is 5.61. The summed E-state index contributed by atoms with van der Waals surface area (Å²) < 4.78 is 11.0. The highest BCUT2D eigenvalue weighted by molar-refractivity contribution is 6.46. The number of halogens is 1. The van der Waals surface area contributed by atoms with Crippen LogP contribution < -0.4 is 4.74 Å². The number of carbonyl (C=O) groups is 2. The van der Waals surface area contributed by atoms with E-state index < -0.39 is 17.7 Å². The summed E-state index contributed by atoms with van der Waals surface area (Å²) in [6.07, 6.45) is 0.549. The zero-order valence-electron chi connectivity index (χ0n) is 20.2. The molecule has 1 amide bonds. The van der Waals surface area contributed by atoms with Gasteiger partial charge in [-0.1, -0.05) is 53.6 Å². The van der Waals surface area contributed by atoms with Crippen molar-refractivity contribution in [3.63, 3.8) is 0 Å². The molecule has 1 aliphatic rings. The first-order chi connectivity index (χ1) is 17.4. The number of likely N-dealkylation sites (tertiary alicyclic amines) is 1. The van der Waals surface area contributed by atoms with E-state index in [1.165, 1.54) is 4.90 Å². The second-order valence-corrected chi connectivity index (χ2v) is 9.13. The van der Waals surface area contributed by atoms with Crippen molar-refractivity contribution in [2.45, 2.75) is 26.0 Å². The van der Waals surface area contributed by atoms with Gasteiger partial charge in [0.05, 0.1) is 11.6 Å². The van der Waals surface area contributed by atoms with E-state index in [1.807, 2.05) is 25.1 Å². The molecule has 186 valence electrons. The van der Waals surface area contributed by atoms with Crippen molar-refractivity contribution < 1.29 is 24.2 Å². The zero-order chi connectivity index (χ0) is 25.7. The number of benzene rings is 3. The quantitative estimate of drug-likeness (QED) is 0.175. The molecule has 0 saturated carbocycles. The van der Waals surface area contributed by atoms with E-state index in [2.05, 4.69) is 6.07 Å². The highest BCUT2D eigenvalue weighted by atomic mass is 35.5. The summed E-state index contributed by atoms with van der Waals surface area (Å²) in [5, 5.41) is 11.7. The van der Waals surface area contributed by atoms with Gasteiger partial charge in [0.1, 0.15) is 18.1 Å². The van der Waals surface area contributed by atoms with Gasteiger partial charge in [-0.05, 0) is 60.9 Å². The van der Waals surface area contributed by atoms with Gasteiger partial charge in [-0.3, -0.25) is 9.59 Å². The number of aliphatic hydroxyl groups is 1. The van der Waals surface area contributed by atoms with Gasteiger partial charge in [0.25, 0.3) is 11.7 Å². The number of ketones is 1. The third-order valence-electron chi connectivity index (χ3n) is 6.07. The molecule has 0 aromatic heterocycles. The SMILES string of the molecule is COCCCN1C(=O)C(=O)C(=C(O)c2ccc(OCc3cccc(C)c3)cc2)[C@@H]1c1cccc(Cl)c1. The number of hydrogen-bond acceptors (Lipinski definition) is 5. The van der Waals surface area contributed by atoms with Gasteiger partial charge >= 0.3 is 0 Å². The monoisotopic (exact) mass is 505 g/mol. The molecule has 1 N–H and O–H groups in total. The molecule has 7 heteroatoms. The Hall–Kier alpha value is -3.61. The molecule has 1 saturated heterocycles. The van der Waals surface area contributed by atoms with Crippen molar-refractivity contribution in [2.75, 3.05) is 20.3 Å². The fourth-order valence-electron chi connectivity index (χ4n) is 4.35. The van der Waals surface area contributed by atoms with Gasteiger partial charge < -0.3 is 19.5 Å². The van der Waals surface area contributed by atoms with Crippen LogP contribution in [0.15, 0.2) is 78.4 Å². The molecule has 36 heavy (non-hydrogen) atoms. The number of aliphatic hydroxyl groups excluding tert-OH is 1. The van der Waals surface area contributed by atoms with E-state index in [-0.39, 0.29) is 11.3 Å². The molecule has 6 nitrogen and oxygen atoms in total. The Kier molecular flexibility index (Phi) is 8.08. The summed E-state index contributed by atoms with van der Waals surface area (Å²) in [4.78, 5) is 27.5. The zero-order valence-corrected chi connectivity index (χ0v) is 21.0. The Morgan fingerprint density at radius 1 is 1.03 bits per heavy atom. The lowest BCUT2D eigenvalue weighted by Gasteiger charge is -2.25. The first kappa shape index (κ1) is 25.5. The average molecular weight is 506 g/mol. The van der Waals surface area contributed by atoms with Crippen molar-refractivity contribution in [2.24, 2.45) is 0 Å². The number of nitrogens with zero attached hydrogens (tertiary/aromatic N) is 1. The molecule has 0 aliphatic carbocycles. The second kappa shape index (κ2) is 11.4. The molecule has 1 heterocycles.